The molecule has 0 unspecified atom stereocenters. The highest BCUT2D eigenvalue weighted by Crippen LogP contribution is 2.25. The third-order valence-corrected chi connectivity index (χ3v) is 2.63. The number of benzene rings is 1. The summed E-state index contributed by atoms with van der Waals surface area (Å²) in [7, 11) is 0. The van der Waals surface area contributed by atoms with Crippen LogP contribution in [0.4, 0.5) is 0 Å². The van der Waals surface area contributed by atoms with Crippen LogP contribution in [0.3, 0.4) is 0 Å². The van der Waals surface area contributed by atoms with E-state index in [1.165, 1.54) is 5.56 Å². The van der Waals surface area contributed by atoms with Crippen molar-refractivity contribution >= 4 is 0 Å². The first-order valence-electron chi connectivity index (χ1n) is 5.56. The summed E-state index contributed by atoms with van der Waals surface area (Å²) < 4.78 is 2.03. The minimum atomic E-state index is 0.343. The van der Waals surface area contributed by atoms with Crippen LogP contribution in [-0.4, -0.2) is 9.78 Å². The predicted molar refractivity (Wildman–Crippen MR) is 65.9 cm³/mol. The van der Waals surface area contributed by atoms with Gasteiger partial charge in [0.1, 0.15) is 0 Å². The summed E-state index contributed by atoms with van der Waals surface area (Å²) in [6, 6.07) is 10.6. The molecule has 0 amide bonds. The molecule has 0 aliphatic rings. The lowest BCUT2D eigenvalue weighted by atomic mass is 10.1. The molecule has 2 N–H and O–H groups in total. The lowest BCUT2D eigenvalue weighted by Crippen LogP contribution is -2.06. The normalized spacial score (nSPS) is 11.0. The zero-order valence-corrected chi connectivity index (χ0v) is 9.72. The van der Waals surface area contributed by atoms with Crippen molar-refractivity contribution in [3.8, 4) is 11.3 Å². The van der Waals surface area contributed by atoms with Gasteiger partial charge in [0.05, 0.1) is 11.9 Å². The molecule has 0 radical (unpaired) electrons. The molecule has 0 bridgehead atoms. The number of nitrogens with two attached hydrogens (primary N) is 1. The molecule has 1 heterocycles. The number of nitrogens with zero attached hydrogens (tertiary/aromatic N) is 2. The van der Waals surface area contributed by atoms with Crippen LogP contribution in [0.25, 0.3) is 11.3 Å². The average molecular weight is 215 g/mol. The van der Waals surface area contributed by atoms with Crippen LogP contribution >= 0.6 is 0 Å². The first-order chi connectivity index (χ1) is 7.74. The Labute approximate surface area is 95.9 Å². The molecule has 0 atom stereocenters. The predicted octanol–water partition coefficient (Wildman–Crippen LogP) is 2.59. The lowest BCUT2D eigenvalue weighted by molar-refractivity contribution is 0.538. The molecule has 1 aromatic carbocycles. The van der Waals surface area contributed by atoms with E-state index in [-0.39, 0.29) is 0 Å². The van der Waals surface area contributed by atoms with Gasteiger partial charge >= 0.3 is 0 Å². The molecule has 16 heavy (non-hydrogen) atoms. The second-order valence-electron chi connectivity index (χ2n) is 4.13. The Bertz CT molecular complexity index is 457. The Morgan fingerprint density at radius 1 is 1.25 bits per heavy atom. The fraction of sp³-hybridized carbons (Fsp3) is 0.308. The van der Waals surface area contributed by atoms with Gasteiger partial charge in [-0.05, 0) is 13.8 Å². The van der Waals surface area contributed by atoms with Crippen LogP contribution < -0.4 is 5.73 Å². The molecule has 0 fully saturated rings. The molecular weight excluding hydrogens is 198 g/mol. The van der Waals surface area contributed by atoms with Crippen LogP contribution in [0.1, 0.15) is 25.5 Å². The minimum Gasteiger partial charge on any atom is -0.326 e. The van der Waals surface area contributed by atoms with Gasteiger partial charge < -0.3 is 5.73 Å². The van der Waals surface area contributed by atoms with Crippen molar-refractivity contribution in [1.82, 2.24) is 9.78 Å². The third kappa shape index (κ3) is 1.86. The number of hydrogen-bond acceptors (Lipinski definition) is 2. The van der Waals surface area contributed by atoms with Gasteiger partial charge in [-0.25, -0.2) is 0 Å². The molecule has 0 aliphatic carbocycles. The molecule has 2 rings (SSSR count). The van der Waals surface area contributed by atoms with Gasteiger partial charge in [-0.2, -0.15) is 5.10 Å². The number of aromatic nitrogens is 2. The summed E-state index contributed by atoms with van der Waals surface area (Å²) in [5.74, 6) is 0. The smallest absolute Gasteiger partial charge is 0.0730 e. The van der Waals surface area contributed by atoms with E-state index in [0.29, 0.717) is 12.6 Å². The second kappa shape index (κ2) is 4.49. The van der Waals surface area contributed by atoms with Crippen molar-refractivity contribution < 1.29 is 0 Å². The van der Waals surface area contributed by atoms with E-state index < -0.39 is 0 Å². The van der Waals surface area contributed by atoms with Crippen LogP contribution in [0.2, 0.25) is 0 Å². The van der Waals surface area contributed by atoms with E-state index in [1.54, 1.807) is 0 Å². The van der Waals surface area contributed by atoms with Gasteiger partial charge in [-0.1, -0.05) is 30.3 Å². The van der Waals surface area contributed by atoms with Gasteiger partial charge in [0.15, 0.2) is 0 Å². The van der Waals surface area contributed by atoms with Gasteiger partial charge in [-0.3, -0.25) is 4.68 Å². The van der Waals surface area contributed by atoms with Crippen molar-refractivity contribution in [3.63, 3.8) is 0 Å². The van der Waals surface area contributed by atoms with Crippen molar-refractivity contribution in [2.45, 2.75) is 26.4 Å². The Balaban J connectivity index is 2.57. The van der Waals surface area contributed by atoms with Crippen molar-refractivity contribution in [3.05, 3.63) is 42.1 Å². The van der Waals surface area contributed by atoms with E-state index in [9.17, 15) is 0 Å². The molecule has 0 spiro atoms. The molecule has 3 heteroatoms. The van der Waals surface area contributed by atoms with Gasteiger partial charge in [0.25, 0.3) is 0 Å². The summed E-state index contributed by atoms with van der Waals surface area (Å²) in [6.07, 6.45) is 1.86. The fourth-order valence-corrected chi connectivity index (χ4v) is 1.85. The first kappa shape index (κ1) is 10.9. The van der Waals surface area contributed by atoms with Gasteiger partial charge in [-0.15, -0.1) is 0 Å². The maximum atomic E-state index is 5.75. The minimum absolute atomic E-state index is 0.343. The topological polar surface area (TPSA) is 43.8 Å². The molecule has 0 saturated heterocycles. The maximum Gasteiger partial charge on any atom is 0.0730 e. The summed E-state index contributed by atoms with van der Waals surface area (Å²) in [5, 5.41) is 4.40. The first-order valence-corrected chi connectivity index (χ1v) is 5.56. The van der Waals surface area contributed by atoms with Crippen LogP contribution in [0.15, 0.2) is 36.5 Å². The number of hydrogen-bond donors (Lipinski definition) is 1. The molecule has 0 saturated carbocycles. The average Bonchev–Trinajstić information content (AvgIpc) is 2.73. The summed E-state index contributed by atoms with van der Waals surface area (Å²) in [4.78, 5) is 0. The highest BCUT2D eigenvalue weighted by Gasteiger charge is 2.13. The van der Waals surface area contributed by atoms with Crippen molar-refractivity contribution in [2.24, 2.45) is 5.73 Å². The Kier molecular flexibility index (Phi) is 3.06. The Hall–Kier alpha value is -1.61. The van der Waals surface area contributed by atoms with Crippen LogP contribution in [0, 0.1) is 0 Å². The van der Waals surface area contributed by atoms with Crippen molar-refractivity contribution in [2.75, 3.05) is 0 Å². The molecule has 0 aliphatic heterocycles. The molecular formula is C13H17N3. The molecule has 84 valence electrons. The SMILES string of the molecule is CC(C)n1ncc(CN)c1-c1ccccc1. The largest absolute Gasteiger partial charge is 0.326 e. The highest BCUT2D eigenvalue weighted by molar-refractivity contribution is 5.63. The summed E-state index contributed by atoms with van der Waals surface area (Å²) in [6.45, 7) is 4.77. The highest BCUT2D eigenvalue weighted by atomic mass is 15.3. The third-order valence-electron chi connectivity index (χ3n) is 2.63. The van der Waals surface area contributed by atoms with Crippen molar-refractivity contribution in [1.29, 1.82) is 0 Å². The molecule has 3 nitrogen and oxygen atoms in total. The van der Waals surface area contributed by atoms with E-state index >= 15 is 0 Å². The summed E-state index contributed by atoms with van der Waals surface area (Å²) >= 11 is 0. The lowest BCUT2D eigenvalue weighted by Gasteiger charge is -2.12. The van der Waals surface area contributed by atoms with E-state index in [1.807, 2.05) is 29.1 Å². The van der Waals surface area contributed by atoms with Gasteiger partial charge in [0, 0.05) is 23.7 Å². The monoisotopic (exact) mass is 215 g/mol. The Morgan fingerprint density at radius 3 is 2.50 bits per heavy atom. The van der Waals surface area contributed by atoms with E-state index in [4.69, 9.17) is 5.73 Å². The summed E-state index contributed by atoms with van der Waals surface area (Å²) in [5.41, 5.74) is 9.16. The van der Waals surface area contributed by atoms with E-state index in [2.05, 4.69) is 31.1 Å². The van der Waals surface area contributed by atoms with Gasteiger partial charge in [0.2, 0.25) is 0 Å². The molecule has 1 aromatic heterocycles. The van der Waals surface area contributed by atoms with Crippen LogP contribution in [0.5, 0.6) is 0 Å². The number of rotatable bonds is 3. The van der Waals surface area contributed by atoms with E-state index in [0.717, 1.165) is 11.3 Å². The second-order valence-corrected chi connectivity index (χ2v) is 4.13. The Morgan fingerprint density at radius 2 is 1.94 bits per heavy atom. The fourth-order valence-electron chi connectivity index (χ4n) is 1.85. The maximum absolute atomic E-state index is 5.75. The zero-order valence-electron chi connectivity index (χ0n) is 9.72. The quantitative estimate of drug-likeness (QED) is 0.855. The zero-order chi connectivity index (χ0) is 11.5. The van der Waals surface area contributed by atoms with Crippen LogP contribution in [-0.2, 0) is 6.54 Å². The standard InChI is InChI=1S/C13H17N3/c1-10(2)16-13(12(8-14)9-15-16)11-6-4-3-5-7-11/h3-7,9-10H,8,14H2,1-2H3. The molecule has 2 aromatic rings.